The zero-order valence-corrected chi connectivity index (χ0v) is 14.8. The number of aromatic nitrogens is 1. The van der Waals surface area contributed by atoms with E-state index in [-0.39, 0.29) is 0 Å². The summed E-state index contributed by atoms with van der Waals surface area (Å²) in [6, 6.07) is 9.07. The molecule has 2 N–H and O–H groups in total. The van der Waals surface area contributed by atoms with E-state index in [4.69, 9.17) is 10.5 Å². The van der Waals surface area contributed by atoms with Crippen molar-refractivity contribution in [3.05, 3.63) is 45.4 Å². The number of nitrogens with zero attached hydrogens (tertiary/aromatic N) is 2. The van der Waals surface area contributed by atoms with Crippen molar-refractivity contribution < 1.29 is 4.74 Å². The van der Waals surface area contributed by atoms with Crippen LogP contribution in [0.3, 0.4) is 0 Å². The van der Waals surface area contributed by atoms with E-state index in [1.807, 2.05) is 6.20 Å². The summed E-state index contributed by atoms with van der Waals surface area (Å²) in [5.41, 5.74) is 7.09. The first-order valence-corrected chi connectivity index (χ1v) is 9.08. The number of hydrogen-bond acceptors (Lipinski definition) is 5. The minimum atomic E-state index is 0.552. The molecule has 3 rings (SSSR count). The highest BCUT2D eigenvalue weighted by molar-refractivity contribution is 9.10. The molecule has 0 aliphatic carbocycles. The maximum Gasteiger partial charge on any atom is 0.180 e. The molecule has 1 aliphatic rings. The van der Waals surface area contributed by atoms with Crippen LogP contribution in [-0.4, -0.2) is 29.1 Å². The van der Waals surface area contributed by atoms with Crippen LogP contribution >= 0.6 is 27.3 Å². The zero-order chi connectivity index (χ0) is 15.4. The minimum absolute atomic E-state index is 0.552. The molecular formula is C16H20BrN3OS. The summed E-state index contributed by atoms with van der Waals surface area (Å²) in [4.78, 5) is 7.92. The largest absolute Gasteiger partial charge is 0.381 e. The van der Waals surface area contributed by atoms with Crippen LogP contribution in [0.25, 0.3) is 0 Å². The van der Waals surface area contributed by atoms with Gasteiger partial charge in [0.2, 0.25) is 0 Å². The topological polar surface area (TPSA) is 51.4 Å². The Bertz CT molecular complexity index is 613. The van der Waals surface area contributed by atoms with Gasteiger partial charge in [0.15, 0.2) is 5.13 Å². The van der Waals surface area contributed by atoms with Crippen molar-refractivity contribution in [2.75, 3.05) is 18.9 Å². The molecule has 4 nitrogen and oxygen atoms in total. The standard InChI is InChI=1S/C16H20BrN3OS/c17-13-3-1-2-12(8-13)10-20(14-4-6-21-7-5-14)11-15-9-19-16(18)22-15/h1-3,8-9,14H,4-7,10-11H2,(H2,18,19). The number of ether oxygens (including phenoxy) is 1. The maximum atomic E-state index is 5.77. The number of rotatable bonds is 5. The Morgan fingerprint density at radius 1 is 1.32 bits per heavy atom. The van der Waals surface area contributed by atoms with E-state index >= 15 is 0 Å². The fourth-order valence-corrected chi connectivity index (χ4v) is 3.99. The molecular weight excluding hydrogens is 362 g/mol. The average Bonchev–Trinajstić information content (AvgIpc) is 2.93. The lowest BCUT2D eigenvalue weighted by Gasteiger charge is -2.34. The molecule has 0 radical (unpaired) electrons. The van der Waals surface area contributed by atoms with Crippen molar-refractivity contribution in [2.45, 2.75) is 32.0 Å². The quantitative estimate of drug-likeness (QED) is 0.858. The molecule has 0 unspecified atom stereocenters. The first-order chi connectivity index (χ1) is 10.7. The highest BCUT2D eigenvalue weighted by atomic mass is 79.9. The number of nitrogens with two attached hydrogens (primary N) is 1. The third kappa shape index (κ3) is 4.29. The summed E-state index contributed by atoms with van der Waals surface area (Å²) in [7, 11) is 0. The van der Waals surface area contributed by atoms with Gasteiger partial charge in [0.25, 0.3) is 0 Å². The smallest absolute Gasteiger partial charge is 0.180 e. The van der Waals surface area contributed by atoms with E-state index < -0.39 is 0 Å². The summed E-state index contributed by atoms with van der Waals surface area (Å²) in [5, 5.41) is 0.643. The van der Waals surface area contributed by atoms with Crippen LogP contribution in [0.4, 0.5) is 5.13 Å². The van der Waals surface area contributed by atoms with Gasteiger partial charge in [-0.2, -0.15) is 0 Å². The van der Waals surface area contributed by atoms with Crippen LogP contribution in [0.2, 0.25) is 0 Å². The Hall–Kier alpha value is -0.950. The Labute approximate surface area is 143 Å². The van der Waals surface area contributed by atoms with Gasteiger partial charge >= 0.3 is 0 Å². The van der Waals surface area contributed by atoms with E-state index in [1.165, 1.54) is 10.4 Å². The third-order valence-electron chi connectivity index (χ3n) is 3.91. The fourth-order valence-electron chi connectivity index (χ4n) is 2.83. The highest BCUT2D eigenvalue weighted by Gasteiger charge is 2.22. The summed E-state index contributed by atoms with van der Waals surface area (Å²) < 4.78 is 6.63. The molecule has 0 spiro atoms. The van der Waals surface area contributed by atoms with Crippen LogP contribution in [0.5, 0.6) is 0 Å². The van der Waals surface area contributed by atoms with Crippen molar-refractivity contribution in [1.82, 2.24) is 9.88 Å². The molecule has 1 aliphatic heterocycles. The summed E-state index contributed by atoms with van der Waals surface area (Å²) in [5.74, 6) is 0. The number of thiazole rings is 1. The van der Waals surface area contributed by atoms with E-state index in [1.54, 1.807) is 11.3 Å². The molecule has 1 aromatic heterocycles. The van der Waals surface area contributed by atoms with Crippen LogP contribution in [0.15, 0.2) is 34.9 Å². The molecule has 22 heavy (non-hydrogen) atoms. The Kier molecular flexibility index (Phi) is 5.46. The average molecular weight is 382 g/mol. The number of hydrogen-bond donors (Lipinski definition) is 1. The molecule has 2 aromatic rings. The number of halogens is 1. The molecule has 2 heterocycles. The van der Waals surface area contributed by atoms with Gasteiger partial charge in [-0.15, -0.1) is 11.3 Å². The molecule has 0 amide bonds. The lowest BCUT2D eigenvalue weighted by Crippen LogP contribution is -2.38. The summed E-state index contributed by atoms with van der Waals surface area (Å²) >= 11 is 5.13. The van der Waals surface area contributed by atoms with Gasteiger partial charge in [-0.25, -0.2) is 4.98 Å². The third-order valence-corrected chi connectivity index (χ3v) is 5.22. The van der Waals surface area contributed by atoms with Crippen molar-refractivity contribution in [2.24, 2.45) is 0 Å². The molecule has 118 valence electrons. The van der Waals surface area contributed by atoms with Crippen LogP contribution < -0.4 is 5.73 Å². The van der Waals surface area contributed by atoms with E-state index in [0.29, 0.717) is 11.2 Å². The van der Waals surface area contributed by atoms with E-state index in [0.717, 1.165) is 43.6 Å². The summed E-state index contributed by atoms with van der Waals surface area (Å²) in [6.45, 7) is 3.53. The Morgan fingerprint density at radius 3 is 2.82 bits per heavy atom. The molecule has 0 atom stereocenters. The van der Waals surface area contributed by atoms with Crippen molar-refractivity contribution in [1.29, 1.82) is 0 Å². The van der Waals surface area contributed by atoms with Crippen LogP contribution in [0.1, 0.15) is 23.3 Å². The van der Waals surface area contributed by atoms with Crippen molar-refractivity contribution in [3.8, 4) is 0 Å². The monoisotopic (exact) mass is 381 g/mol. The number of nitrogen functional groups attached to an aromatic ring is 1. The molecule has 1 saturated heterocycles. The summed E-state index contributed by atoms with van der Waals surface area (Å²) in [6.07, 6.45) is 4.07. The van der Waals surface area contributed by atoms with Crippen LogP contribution in [-0.2, 0) is 17.8 Å². The van der Waals surface area contributed by atoms with E-state index in [9.17, 15) is 0 Å². The molecule has 1 aromatic carbocycles. The first kappa shape index (κ1) is 15.9. The normalized spacial score (nSPS) is 16.3. The Morgan fingerprint density at radius 2 is 2.14 bits per heavy atom. The molecule has 1 fully saturated rings. The van der Waals surface area contributed by atoms with Gasteiger partial charge < -0.3 is 10.5 Å². The second-order valence-corrected chi connectivity index (χ2v) is 7.61. The predicted molar refractivity (Wildman–Crippen MR) is 93.8 cm³/mol. The van der Waals surface area contributed by atoms with Crippen molar-refractivity contribution in [3.63, 3.8) is 0 Å². The van der Waals surface area contributed by atoms with E-state index in [2.05, 4.69) is 50.1 Å². The molecule has 6 heteroatoms. The Balaban J connectivity index is 1.75. The van der Waals surface area contributed by atoms with Crippen molar-refractivity contribution >= 4 is 32.4 Å². The molecule has 0 saturated carbocycles. The zero-order valence-electron chi connectivity index (χ0n) is 12.4. The van der Waals surface area contributed by atoms with Gasteiger partial charge in [0, 0.05) is 47.9 Å². The number of benzene rings is 1. The van der Waals surface area contributed by atoms with Gasteiger partial charge in [-0.05, 0) is 30.5 Å². The SMILES string of the molecule is Nc1ncc(CN(Cc2cccc(Br)c2)C2CCOCC2)s1. The van der Waals surface area contributed by atoms with Gasteiger partial charge in [-0.3, -0.25) is 4.90 Å². The van der Waals surface area contributed by atoms with Gasteiger partial charge in [0.05, 0.1) is 0 Å². The van der Waals surface area contributed by atoms with Gasteiger partial charge in [-0.1, -0.05) is 28.1 Å². The maximum absolute atomic E-state index is 5.77. The number of anilines is 1. The second kappa shape index (κ2) is 7.55. The fraction of sp³-hybridized carbons (Fsp3) is 0.438. The highest BCUT2D eigenvalue weighted by Crippen LogP contribution is 2.24. The molecule has 0 bridgehead atoms. The predicted octanol–water partition coefficient (Wildman–Crippen LogP) is 3.67. The first-order valence-electron chi connectivity index (χ1n) is 7.47. The lowest BCUT2D eigenvalue weighted by molar-refractivity contribution is 0.0281. The lowest BCUT2D eigenvalue weighted by atomic mass is 10.1. The second-order valence-electron chi connectivity index (χ2n) is 5.54. The minimum Gasteiger partial charge on any atom is -0.381 e. The van der Waals surface area contributed by atoms with Crippen LogP contribution in [0, 0.1) is 0 Å². The van der Waals surface area contributed by atoms with Gasteiger partial charge in [0.1, 0.15) is 0 Å².